The third kappa shape index (κ3) is 5.45. The Bertz CT molecular complexity index is 1230. The first-order valence-corrected chi connectivity index (χ1v) is 11.3. The second-order valence-electron chi connectivity index (χ2n) is 7.80. The fourth-order valence-electron chi connectivity index (χ4n) is 3.70. The summed E-state index contributed by atoms with van der Waals surface area (Å²) in [4.78, 5) is 17.8. The number of hydrogen-bond acceptors (Lipinski definition) is 3. The maximum Gasteiger partial charge on any atom is 0.253 e. The van der Waals surface area contributed by atoms with Crippen molar-refractivity contribution < 1.29 is 4.42 Å². The van der Waals surface area contributed by atoms with Crippen molar-refractivity contribution in [1.82, 2.24) is 15.2 Å². The monoisotopic (exact) mass is 445 g/mol. The second-order valence-corrected chi connectivity index (χ2v) is 8.19. The molecule has 0 fully saturated rings. The highest BCUT2D eigenvalue weighted by atomic mass is 32.1. The van der Waals surface area contributed by atoms with Crippen LogP contribution >= 0.6 is 12.2 Å². The lowest BCUT2D eigenvalue weighted by atomic mass is 10.1. The topological polar surface area (TPSA) is 61.3 Å². The summed E-state index contributed by atoms with van der Waals surface area (Å²) in [5, 5.41) is 4.97. The number of rotatable bonds is 8. The van der Waals surface area contributed by atoms with E-state index in [0.29, 0.717) is 30.3 Å². The summed E-state index contributed by atoms with van der Waals surface area (Å²) in [5.41, 5.74) is 3.90. The zero-order chi connectivity index (χ0) is 22.3. The first kappa shape index (κ1) is 21.8. The van der Waals surface area contributed by atoms with Crippen LogP contribution in [0.1, 0.15) is 29.4 Å². The Labute approximate surface area is 193 Å². The maximum atomic E-state index is 12.8. The molecule has 0 aliphatic heterocycles. The highest BCUT2D eigenvalue weighted by Crippen LogP contribution is 2.16. The number of pyridine rings is 1. The first-order valence-electron chi connectivity index (χ1n) is 10.9. The molecule has 4 aromatic rings. The van der Waals surface area contributed by atoms with Gasteiger partial charge >= 0.3 is 0 Å². The molecule has 0 saturated heterocycles. The van der Waals surface area contributed by atoms with E-state index in [0.717, 1.165) is 29.5 Å². The molecular weight excluding hydrogens is 418 g/mol. The molecule has 0 aliphatic rings. The number of aromatic nitrogens is 1. The van der Waals surface area contributed by atoms with Crippen molar-refractivity contribution in [3.8, 4) is 0 Å². The number of furan rings is 1. The van der Waals surface area contributed by atoms with Crippen molar-refractivity contribution in [2.75, 3.05) is 6.54 Å². The summed E-state index contributed by atoms with van der Waals surface area (Å²) in [7, 11) is 0. The molecule has 0 amide bonds. The third-order valence-electron chi connectivity index (χ3n) is 5.50. The average molecular weight is 446 g/mol. The normalized spacial score (nSPS) is 10.9. The molecule has 32 heavy (non-hydrogen) atoms. The van der Waals surface area contributed by atoms with Crippen molar-refractivity contribution in [1.29, 1.82) is 0 Å². The zero-order valence-corrected chi connectivity index (χ0v) is 19.0. The van der Waals surface area contributed by atoms with E-state index in [4.69, 9.17) is 16.6 Å². The number of thiocarbonyl (C=S) groups is 1. The molecule has 4 rings (SSSR count). The standard InChI is InChI=1S/C26H27N3O2S/c1-2-19-10-11-24-21(15-19)16-22(25(30)28-24)17-29(18-23-9-6-14-31-23)26(32)27-13-12-20-7-4-3-5-8-20/h3-11,14-16H,2,12-13,17-18H2,1H3,(H,27,32)(H,28,30). The van der Waals surface area contributed by atoms with Gasteiger partial charge in [-0.25, -0.2) is 0 Å². The summed E-state index contributed by atoms with van der Waals surface area (Å²) >= 11 is 5.70. The molecule has 0 spiro atoms. The summed E-state index contributed by atoms with van der Waals surface area (Å²) in [6, 6.07) is 22.2. The summed E-state index contributed by atoms with van der Waals surface area (Å²) in [6.07, 6.45) is 3.46. The van der Waals surface area contributed by atoms with Gasteiger partial charge in [0, 0.05) is 17.6 Å². The fraction of sp³-hybridized carbons (Fsp3) is 0.231. The first-order chi connectivity index (χ1) is 15.6. The molecule has 6 heteroatoms. The molecule has 0 bridgehead atoms. The van der Waals surface area contributed by atoms with Crippen LogP contribution in [0.2, 0.25) is 0 Å². The number of hydrogen-bond donors (Lipinski definition) is 2. The molecule has 2 aromatic carbocycles. The number of nitrogens with zero attached hydrogens (tertiary/aromatic N) is 1. The minimum Gasteiger partial charge on any atom is -0.467 e. The number of benzene rings is 2. The highest BCUT2D eigenvalue weighted by Gasteiger charge is 2.15. The lowest BCUT2D eigenvalue weighted by molar-refractivity contribution is 0.350. The van der Waals surface area contributed by atoms with Crippen LogP contribution < -0.4 is 10.9 Å². The molecule has 0 atom stereocenters. The van der Waals surface area contributed by atoms with Gasteiger partial charge < -0.3 is 19.6 Å². The predicted octanol–water partition coefficient (Wildman–Crippen LogP) is 4.80. The van der Waals surface area contributed by atoms with Gasteiger partial charge in [0.05, 0.1) is 19.4 Å². The van der Waals surface area contributed by atoms with E-state index in [9.17, 15) is 4.79 Å². The van der Waals surface area contributed by atoms with Gasteiger partial charge in [0.25, 0.3) is 5.56 Å². The molecule has 5 nitrogen and oxygen atoms in total. The van der Waals surface area contributed by atoms with Crippen molar-refractivity contribution in [3.63, 3.8) is 0 Å². The van der Waals surface area contributed by atoms with Crippen molar-refractivity contribution in [2.45, 2.75) is 32.9 Å². The van der Waals surface area contributed by atoms with E-state index < -0.39 is 0 Å². The number of fused-ring (bicyclic) bond motifs is 1. The van der Waals surface area contributed by atoms with Crippen LogP contribution in [0.4, 0.5) is 0 Å². The number of aromatic amines is 1. The van der Waals surface area contributed by atoms with Crippen LogP contribution in [0.5, 0.6) is 0 Å². The molecule has 0 saturated carbocycles. The van der Waals surface area contributed by atoms with Crippen molar-refractivity contribution >= 4 is 28.2 Å². The lowest BCUT2D eigenvalue weighted by Crippen LogP contribution is -2.40. The molecule has 2 N–H and O–H groups in total. The van der Waals surface area contributed by atoms with Gasteiger partial charge in [-0.05, 0) is 71.9 Å². The van der Waals surface area contributed by atoms with E-state index in [1.807, 2.05) is 53.4 Å². The van der Waals surface area contributed by atoms with E-state index in [-0.39, 0.29) is 5.56 Å². The summed E-state index contributed by atoms with van der Waals surface area (Å²) < 4.78 is 5.54. The molecule has 0 unspecified atom stereocenters. The largest absolute Gasteiger partial charge is 0.467 e. The minimum atomic E-state index is -0.0988. The molecule has 2 aromatic heterocycles. The molecular formula is C26H27N3O2S. The van der Waals surface area contributed by atoms with Gasteiger partial charge in [-0.2, -0.15) is 0 Å². The lowest BCUT2D eigenvalue weighted by Gasteiger charge is -2.25. The second kappa shape index (κ2) is 10.3. The molecule has 0 radical (unpaired) electrons. The zero-order valence-electron chi connectivity index (χ0n) is 18.1. The average Bonchev–Trinajstić information content (AvgIpc) is 3.32. The third-order valence-corrected chi connectivity index (χ3v) is 5.90. The van der Waals surface area contributed by atoms with Crippen LogP contribution in [0, 0.1) is 0 Å². The van der Waals surface area contributed by atoms with Crippen LogP contribution in [0.15, 0.2) is 82.2 Å². The van der Waals surface area contributed by atoms with Gasteiger partial charge in [0.1, 0.15) is 5.76 Å². The Kier molecular flexibility index (Phi) is 7.02. The van der Waals surface area contributed by atoms with Crippen LogP contribution in [-0.2, 0) is 25.9 Å². The summed E-state index contributed by atoms with van der Waals surface area (Å²) in [5.74, 6) is 0.794. The number of nitrogens with one attached hydrogen (secondary N) is 2. The van der Waals surface area contributed by atoms with E-state index in [1.165, 1.54) is 11.1 Å². The van der Waals surface area contributed by atoms with Crippen LogP contribution in [-0.4, -0.2) is 21.5 Å². The highest BCUT2D eigenvalue weighted by molar-refractivity contribution is 7.80. The Morgan fingerprint density at radius 1 is 1.03 bits per heavy atom. The number of aryl methyl sites for hydroxylation is 1. The number of H-pyrrole nitrogens is 1. The Morgan fingerprint density at radius 2 is 1.88 bits per heavy atom. The molecule has 0 aliphatic carbocycles. The summed E-state index contributed by atoms with van der Waals surface area (Å²) in [6.45, 7) is 3.71. The Morgan fingerprint density at radius 3 is 2.62 bits per heavy atom. The van der Waals surface area contributed by atoms with E-state index in [1.54, 1.807) is 6.26 Å². The van der Waals surface area contributed by atoms with Crippen LogP contribution in [0.25, 0.3) is 10.9 Å². The quantitative estimate of drug-likeness (QED) is 0.382. The Hall–Kier alpha value is -3.38. The maximum absolute atomic E-state index is 12.8. The SMILES string of the molecule is CCc1ccc2[nH]c(=O)c(CN(Cc3ccco3)C(=S)NCCc3ccccc3)cc2c1. The van der Waals surface area contributed by atoms with E-state index >= 15 is 0 Å². The van der Waals surface area contributed by atoms with Gasteiger partial charge in [-0.3, -0.25) is 4.79 Å². The van der Waals surface area contributed by atoms with Gasteiger partial charge in [-0.1, -0.05) is 43.3 Å². The van der Waals surface area contributed by atoms with Crippen molar-refractivity contribution in [3.05, 3.63) is 106 Å². The Balaban J connectivity index is 1.52. The van der Waals surface area contributed by atoms with Gasteiger partial charge in [0.2, 0.25) is 0 Å². The predicted molar refractivity (Wildman–Crippen MR) is 133 cm³/mol. The smallest absolute Gasteiger partial charge is 0.253 e. The van der Waals surface area contributed by atoms with E-state index in [2.05, 4.69) is 35.4 Å². The van der Waals surface area contributed by atoms with Crippen LogP contribution in [0.3, 0.4) is 0 Å². The molecule has 164 valence electrons. The van der Waals surface area contributed by atoms with Gasteiger partial charge in [-0.15, -0.1) is 0 Å². The molecule has 2 heterocycles. The van der Waals surface area contributed by atoms with Crippen molar-refractivity contribution in [2.24, 2.45) is 0 Å². The minimum absolute atomic E-state index is 0.0988. The fourth-order valence-corrected chi connectivity index (χ4v) is 3.94. The van der Waals surface area contributed by atoms with Gasteiger partial charge in [0.15, 0.2) is 5.11 Å².